The molecule has 0 radical (unpaired) electrons. The molecule has 0 saturated carbocycles. The van der Waals surface area contributed by atoms with Crippen LogP contribution in [0.2, 0.25) is 0 Å². The third-order valence-corrected chi connectivity index (χ3v) is 5.85. The number of aryl methyl sites for hydroxylation is 1. The molecule has 0 saturated heterocycles. The molecule has 2 aromatic carbocycles. The van der Waals surface area contributed by atoms with Crippen molar-refractivity contribution in [2.45, 2.75) is 64.1 Å². The number of rotatable bonds is 0. The van der Waals surface area contributed by atoms with E-state index in [1.54, 1.807) is 12.1 Å². The lowest BCUT2D eigenvalue weighted by atomic mass is 9.69. The summed E-state index contributed by atoms with van der Waals surface area (Å²) in [5.41, 5.74) is 1.96. The first-order chi connectivity index (χ1) is 12.4. The van der Waals surface area contributed by atoms with E-state index in [2.05, 4.69) is 27.7 Å². The summed E-state index contributed by atoms with van der Waals surface area (Å²) in [7, 11) is 0. The van der Waals surface area contributed by atoms with Gasteiger partial charge in [0.2, 0.25) is 0 Å². The molecule has 5 nitrogen and oxygen atoms in total. The van der Waals surface area contributed by atoms with Crippen LogP contribution in [0.15, 0.2) is 24.3 Å². The van der Waals surface area contributed by atoms with Crippen molar-refractivity contribution in [1.82, 2.24) is 0 Å². The number of hydrogen-bond acceptors (Lipinski definition) is 5. The Bertz CT molecular complexity index is 865. The summed E-state index contributed by atoms with van der Waals surface area (Å²) >= 11 is 0. The van der Waals surface area contributed by atoms with Crippen LogP contribution in [-0.4, -0.2) is 21.1 Å². The van der Waals surface area contributed by atoms with Crippen LogP contribution < -0.4 is 9.47 Å². The third kappa shape index (κ3) is 2.68. The molecule has 1 spiro atoms. The molecule has 4 rings (SSSR count). The maximum Gasteiger partial charge on any atom is 0.252 e. The van der Waals surface area contributed by atoms with Crippen molar-refractivity contribution in [1.29, 1.82) is 0 Å². The highest BCUT2D eigenvalue weighted by molar-refractivity contribution is 5.54. The van der Waals surface area contributed by atoms with Crippen molar-refractivity contribution in [2.75, 3.05) is 0 Å². The van der Waals surface area contributed by atoms with Crippen LogP contribution in [0.3, 0.4) is 0 Å². The number of benzene rings is 2. The molecule has 2 heterocycles. The second kappa shape index (κ2) is 5.24. The van der Waals surface area contributed by atoms with Crippen LogP contribution >= 0.6 is 0 Å². The van der Waals surface area contributed by atoms with Crippen molar-refractivity contribution in [3.8, 4) is 28.7 Å². The molecule has 0 bridgehead atoms. The zero-order valence-corrected chi connectivity index (χ0v) is 16.4. The van der Waals surface area contributed by atoms with Gasteiger partial charge >= 0.3 is 0 Å². The van der Waals surface area contributed by atoms with Gasteiger partial charge in [-0.3, -0.25) is 0 Å². The normalized spacial score (nSPS) is 24.5. The van der Waals surface area contributed by atoms with Crippen molar-refractivity contribution in [3.63, 3.8) is 0 Å². The summed E-state index contributed by atoms with van der Waals surface area (Å²) in [5.74, 6) is 0.248. The smallest absolute Gasteiger partial charge is 0.252 e. The second-order valence-corrected chi connectivity index (χ2v) is 9.21. The molecule has 1 unspecified atom stereocenters. The third-order valence-electron chi connectivity index (χ3n) is 5.85. The van der Waals surface area contributed by atoms with E-state index < -0.39 is 5.79 Å². The number of fused-ring (bicyclic) bond motifs is 2. The first-order valence-electron chi connectivity index (χ1n) is 9.21. The highest BCUT2D eigenvalue weighted by atomic mass is 16.7. The lowest BCUT2D eigenvalue weighted by molar-refractivity contribution is -0.166. The predicted octanol–water partition coefficient (Wildman–Crippen LogP) is 4.63. The fraction of sp³-hybridized carbons (Fsp3) is 0.455. The van der Waals surface area contributed by atoms with Crippen LogP contribution in [0.4, 0.5) is 0 Å². The topological polar surface area (TPSA) is 79.2 Å². The summed E-state index contributed by atoms with van der Waals surface area (Å²) in [5, 5.41) is 30.0. The molecule has 3 N–H and O–H groups in total. The van der Waals surface area contributed by atoms with E-state index in [0.717, 1.165) is 16.7 Å². The van der Waals surface area contributed by atoms with E-state index in [-0.39, 0.29) is 28.1 Å². The Balaban J connectivity index is 1.85. The molecule has 144 valence electrons. The largest absolute Gasteiger partial charge is 0.508 e. The van der Waals surface area contributed by atoms with E-state index in [1.807, 2.05) is 13.0 Å². The summed E-state index contributed by atoms with van der Waals surface area (Å²) in [4.78, 5) is 0. The maximum absolute atomic E-state index is 10.1. The van der Waals surface area contributed by atoms with E-state index >= 15 is 0 Å². The minimum absolute atomic E-state index is 0.150. The Labute approximate surface area is 159 Å². The van der Waals surface area contributed by atoms with E-state index in [0.29, 0.717) is 24.3 Å². The fourth-order valence-corrected chi connectivity index (χ4v) is 4.62. The molecule has 0 aliphatic carbocycles. The minimum atomic E-state index is -0.889. The van der Waals surface area contributed by atoms with Crippen molar-refractivity contribution in [2.24, 2.45) is 0 Å². The maximum atomic E-state index is 10.1. The minimum Gasteiger partial charge on any atom is -0.508 e. The summed E-state index contributed by atoms with van der Waals surface area (Å²) in [6.45, 7) is 10.2. The average Bonchev–Trinajstić information content (AvgIpc) is 2.50. The molecular formula is C22H26O5. The van der Waals surface area contributed by atoms with Gasteiger partial charge in [0.25, 0.3) is 5.79 Å². The highest BCUT2D eigenvalue weighted by Gasteiger charge is 2.53. The van der Waals surface area contributed by atoms with Crippen LogP contribution in [0.25, 0.3) is 0 Å². The Morgan fingerprint density at radius 3 is 1.70 bits per heavy atom. The lowest BCUT2D eigenvalue weighted by Gasteiger charge is -2.51. The fourth-order valence-electron chi connectivity index (χ4n) is 4.62. The quantitative estimate of drug-likeness (QED) is 0.589. The Kier molecular flexibility index (Phi) is 3.46. The standard InChI is InChI=1S/C22H26O5/c1-12-6-18-13(7-15(12)23)20(2,3)10-22(26-18)11-21(4,5)14-8-16(24)17(25)9-19(14)27-22/h6-9,23-25H,10-11H2,1-5H3. The van der Waals surface area contributed by atoms with Crippen molar-refractivity contribution < 1.29 is 24.8 Å². The van der Waals surface area contributed by atoms with Gasteiger partial charge < -0.3 is 24.8 Å². The van der Waals surface area contributed by atoms with Gasteiger partial charge in [0.15, 0.2) is 11.5 Å². The molecule has 0 aromatic heterocycles. The zero-order valence-electron chi connectivity index (χ0n) is 16.4. The van der Waals surface area contributed by atoms with Gasteiger partial charge in [-0.1, -0.05) is 27.7 Å². The number of phenols is 3. The van der Waals surface area contributed by atoms with Crippen LogP contribution in [0.5, 0.6) is 28.7 Å². The van der Waals surface area contributed by atoms with Gasteiger partial charge in [-0.25, -0.2) is 0 Å². The Morgan fingerprint density at radius 2 is 1.15 bits per heavy atom. The van der Waals surface area contributed by atoms with Crippen LogP contribution in [-0.2, 0) is 10.8 Å². The van der Waals surface area contributed by atoms with Gasteiger partial charge in [-0.05, 0) is 30.7 Å². The van der Waals surface area contributed by atoms with Crippen LogP contribution in [0.1, 0.15) is 57.2 Å². The molecule has 2 aliphatic rings. The Morgan fingerprint density at radius 1 is 0.704 bits per heavy atom. The molecule has 1 atom stereocenters. The van der Waals surface area contributed by atoms with E-state index in [9.17, 15) is 15.3 Å². The SMILES string of the molecule is Cc1cc2c(cc1O)C(C)(C)CC1(CC(C)(C)c3cc(O)c(O)cc3O1)O2. The molecular weight excluding hydrogens is 344 g/mol. The summed E-state index contributed by atoms with van der Waals surface area (Å²) in [6.07, 6.45) is 1.19. The average molecular weight is 370 g/mol. The van der Waals surface area contributed by atoms with Gasteiger partial charge in [0.1, 0.15) is 17.2 Å². The molecule has 0 fully saturated rings. The second-order valence-electron chi connectivity index (χ2n) is 9.21. The lowest BCUT2D eigenvalue weighted by Crippen LogP contribution is -2.55. The molecule has 2 aromatic rings. The highest BCUT2D eigenvalue weighted by Crippen LogP contribution is 2.55. The van der Waals surface area contributed by atoms with Crippen LogP contribution in [0, 0.1) is 6.92 Å². The van der Waals surface area contributed by atoms with Crippen molar-refractivity contribution in [3.05, 3.63) is 41.0 Å². The number of phenolic OH excluding ortho intramolecular Hbond substituents is 3. The number of ether oxygens (including phenoxy) is 2. The number of hydrogen-bond donors (Lipinski definition) is 3. The van der Waals surface area contributed by atoms with Gasteiger partial charge in [0, 0.05) is 40.9 Å². The van der Waals surface area contributed by atoms with Crippen molar-refractivity contribution >= 4 is 0 Å². The summed E-state index contributed by atoms with van der Waals surface area (Å²) in [6, 6.07) is 6.67. The first-order valence-corrected chi connectivity index (χ1v) is 9.21. The Hall–Kier alpha value is -2.56. The monoisotopic (exact) mass is 370 g/mol. The van der Waals surface area contributed by atoms with Gasteiger partial charge in [-0.2, -0.15) is 0 Å². The predicted molar refractivity (Wildman–Crippen MR) is 102 cm³/mol. The summed E-state index contributed by atoms with van der Waals surface area (Å²) < 4.78 is 12.8. The molecule has 27 heavy (non-hydrogen) atoms. The molecule has 0 amide bonds. The molecule has 5 heteroatoms. The first kappa shape index (κ1) is 17.8. The molecule has 2 aliphatic heterocycles. The van der Waals surface area contributed by atoms with E-state index in [1.165, 1.54) is 6.07 Å². The van der Waals surface area contributed by atoms with Gasteiger partial charge in [0.05, 0.1) is 0 Å². The van der Waals surface area contributed by atoms with Gasteiger partial charge in [-0.15, -0.1) is 0 Å². The van der Waals surface area contributed by atoms with E-state index in [4.69, 9.17) is 9.47 Å². The number of aromatic hydroxyl groups is 3. The zero-order chi connectivity index (χ0) is 19.8.